The molecule has 0 atom stereocenters. The van der Waals surface area contributed by atoms with Gasteiger partial charge in [0.25, 0.3) is 0 Å². The molecule has 2 aromatic heterocycles. The van der Waals surface area contributed by atoms with Crippen LogP contribution in [0.25, 0.3) is 54.1 Å². The molecule has 0 unspecified atom stereocenters. The van der Waals surface area contributed by atoms with Gasteiger partial charge in [-0.3, -0.25) is 0 Å². The summed E-state index contributed by atoms with van der Waals surface area (Å²) in [6.45, 7) is 13.8. The SMILES string of the molecule is [C-]#[N+]/C(C#N)=c1/nc2c(F)c(F)c3c4o/c(=C(\C#N)[N+]#[C-])nc4c(F)c(F)c3c2o1. The van der Waals surface area contributed by atoms with Gasteiger partial charge < -0.3 is 8.83 Å². The van der Waals surface area contributed by atoms with Crippen LogP contribution in [-0.4, -0.2) is 9.97 Å². The summed E-state index contributed by atoms with van der Waals surface area (Å²) in [6, 6.07) is 2.86. The van der Waals surface area contributed by atoms with E-state index in [0.29, 0.717) is 0 Å². The molecule has 0 radical (unpaired) electrons. The molecular formula is C18F4N6O2. The molecule has 0 bridgehead atoms. The van der Waals surface area contributed by atoms with Gasteiger partial charge in [-0.15, -0.1) is 0 Å². The first-order chi connectivity index (χ1) is 14.4. The molecule has 0 aliphatic heterocycles. The predicted octanol–water partition coefficient (Wildman–Crippen LogP) is 2.78. The molecule has 0 amide bonds. The molecule has 0 N–H and O–H groups in total. The Morgan fingerprint density at radius 1 is 0.733 bits per heavy atom. The largest absolute Gasteiger partial charge is 0.445 e. The Hall–Kier alpha value is -4.94. The van der Waals surface area contributed by atoms with E-state index in [0.717, 1.165) is 0 Å². The summed E-state index contributed by atoms with van der Waals surface area (Å²) < 4.78 is 69.0. The van der Waals surface area contributed by atoms with Gasteiger partial charge in [-0.1, -0.05) is 0 Å². The van der Waals surface area contributed by atoms with E-state index in [9.17, 15) is 17.6 Å². The van der Waals surface area contributed by atoms with E-state index < -0.39 is 78.7 Å². The van der Waals surface area contributed by atoms with Crippen LogP contribution in [0.5, 0.6) is 0 Å². The van der Waals surface area contributed by atoms with Crippen molar-refractivity contribution in [1.29, 1.82) is 10.5 Å². The van der Waals surface area contributed by atoms with Gasteiger partial charge in [-0.25, -0.2) is 47.7 Å². The Morgan fingerprint density at radius 3 is 1.40 bits per heavy atom. The van der Waals surface area contributed by atoms with Crippen LogP contribution in [0.2, 0.25) is 0 Å². The molecule has 0 aliphatic carbocycles. The van der Waals surface area contributed by atoms with E-state index in [1.807, 2.05) is 0 Å². The van der Waals surface area contributed by atoms with Crippen molar-refractivity contribution in [3.63, 3.8) is 0 Å². The molecule has 0 aliphatic rings. The number of nitriles is 2. The van der Waals surface area contributed by atoms with Crippen LogP contribution in [0.15, 0.2) is 8.83 Å². The topological polar surface area (TPSA) is 108 Å². The number of nitrogens with zero attached hydrogens (tertiary/aromatic N) is 6. The van der Waals surface area contributed by atoms with Gasteiger partial charge in [-0.05, 0) is 0 Å². The highest BCUT2D eigenvalue weighted by atomic mass is 19.2. The van der Waals surface area contributed by atoms with Gasteiger partial charge in [0.15, 0.2) is 34.4 Å². The number of benzene rings is 2. The average molecular weight is 408 g/mol. The van der Waals surface area contributed by atoms with Crippen molar-refractivity contribution < 1.29 is 26.4 Å². The molecule has 0 saturated heterocycles. The first-order valence-electron chi connectivity index (χ1n) is 7.56. The number of oxazole rings is 2. The van der Waals surface area contributed by atoms with Crippen molar-refractivity contribution in [2.45, 2.75) is 0 Å². The Labute approximate surface area is 161 Å². The lowest BCUT2D eigenvalue weighted by Crippen LogP contribution is -2.02. The molecular weight excluding hydrogens is 408 g/mol. The molecule has 0 spiro atoms. The second kappa shape index (κ2) is 6.30. The minimum Gasteiger partial charge on any atom is -0.445 e. The fraction of sp³-hybridized carbons (Fsp3) is 0. The Morgan fingerprint density at radius 2 is 1.10 bits per heavy atom. The van der Waals surface area contributed by atoms with Gasteiger partial charge in [-0.2, -0.15) is 0 Å². The molecule has 0 fully saturated rings. The summed E-state index contributed by atoms with van der Waals surface area (Å²) in [5.74, 6) is -6.69. The van der Waals surface area contributed by atoms with Crippen molar-refractivity contribution in [1.82, 2.24) is 9.97 Å². The van der Waals surface area contributed by atoms with Crippen molar-refractivity contribution >= 4 is 44.4 Å². The molecule has 4 rings (SSSR count). The highest BCUT2D eigenvalue weighted by Gasteiger charge is 2.29. The van der Waals surface area contributed by atoms with E-state index in [2.05, 4.69) is 19.7 Å². The molecule has 0 saturated carbocycles. The second-order valence-electron chi connectivity index (χ2n) is 5.54. The lowest BCUT2D eigenvalue weighted by atomic mass is 10.1. The lowest BCUT2D eigenvalue weighted by Gasteiger charge is -2.05. The van der Waals surface area contributed by atoms with Crippen molar-refractivity contribution in [3.8, 4) is 12.1 Å². The minimum atomic E-state index is -1.70. The van der Waals surface area contributed by atoms with Crippen LogP contribution in [0.1, 0.15) is 0 Å². The van der Waals surface area contributed by atoms with Crippen LogP contribution in [0, 0.1) is 59.1 Å². The molecule has 2 aromatic carbocycles. The zero-order valence-electron chi connectivity index (χ0n) is 14.0. The normalized spacial score (nSPS) is 12.9. The third-order valence-corrected chi connectivity index (χ3v) is 4.04. The standard InChI is InChI=1S/C18F4N6O2/c1-25-5(3-23)17-27-13-11(21)10(20)8-7(15(13)29-17)9(19)12(22)14-16(8)30-18(28-14)6(4-24)26-2/b17-5-,18-6+. The minimum absolute atomic E-state index is 0.723. The number of aromatic nitrogens is 2. The maximum absolute atomic E-state index is 14.8. The van der Waals surface area contributed by atoms with E-state index in [-0.39, 0.29) is 0 Å². The van der Waals surface area contributed by atoms with Crippen LogP contribution in [-0.2, 0) is 0 Å². The highest BCUT2D eigenvalue weighted by Crippen LogP contribution is 2.37. The van der Waals surface area contributed by atoms with E-state index in [1.54, 1.807) is 0 Å². The number of halogens is 4. The monoisotopic (exact) mass is 408 g/mol. The lowest BCUT2D eigenvalue weighted by molar-refractivity contribution is 0.509. The maximum Gasteiger partial charge on any atom is 0.322 e. The molecule has 30 heavy (non-hydrogen) atoms. The average Bonchev–Trinajstić information content (AvgIpc) is 3.36. The van der Waals surface area contributed by atoms with Gasteiger partial charge in [0.05, 0.1) is 36.1 Å². The zero-order chi connectivity index (χ0) is 21.7. The van der Waals surface area contributed by atoms with Gasteiger partial charge in [0.2, 0.25) is 11.1 Å². The second-order valence-corrected chi connectivity index (χ2v) is 5.54. The molecule has 12 heteroatoms. The highest BCUT2D eigenvalue weighted by molar-refractivity contribution is 6.13. The number of fused-ring (bicyclic) bond motifs is 5. The Kier molecular flexibility index (Phi) is 3.87. The van der Waals surface area contributed by atoms with Crippen LogP contribution >= 0.6 is 0 Å². The van der Waals surface area contributed by atoms with Crippen molar-refractivity contribution in [2.75, 3.05) is 0 Å². The van der Waals surface area contributed by atoms with Crippen molar-refractivity contribution in [2.24, 2.45) is 0 Å². The predicted molar refractivity (Wildman–Crippen MR) is 89.4 cm³/mol. The smallest absolute Gasteiger partial charge is 0.322 e. The van der Waals surface area contributed by atoms with E-state index >= 15 is 0 Å². The molecule has 8 nitrogen and oxygen atoms in total. The van der Waals surface area contributed by atoms with Gasteiger partial charge in [0, 0.05) is 0 Å². The van der Waals surface area contributed by atoms with Gasteiger partial charge >= 0.3 is 11.4 Å². The number of rotatable bonds is 0. The summed E-state index contributed by atoms with van der Waals surface area (Å²) in [4.78, 5) is 12.6. The van der Waals surface area contributed by atoms with Crippen LogP contribution in [0.4, 0.5) is 17.6 Å². The summed E-state index contributed by atoms with van der Waals surface area (Å²) in [7, 11) is 0. The summed E-state index contributed by atoms with van der Waals surface area (Å²) in [5.41, 5.74) is -6.22. The van der Waals surface area contributed by atoms with Gasteiger partial charge in [0.1, 0.15) is 11.0 Å². The fourth-order valence-electron chi connectivity index (χ4n) is 2.79. The quantitative estimate of drug-likeness (QED) is 0.327. The Balaban J connectivity index is 2.39. The Bertz CT molecular complexity index is 1580. The zero-order valence-corrected chi connectivity index (χ0v) is 14.0. The first kappa shape index (κ1) is 18.4. The summed E-state index contributed by atoms with van der Waals surface area (Å²) in [6.07, 6.45) is 0. The van der Waals surface area contributed by atoms with Crippen LogP contribution in [0.3, 0.4) is 0 Å². The fourth-order valence-corrected chi connectivity index (χ4v) is 2.79. The first-order valence-corrected chi connectivity index (χ1v) is 7.56. The maximum atomic E-state index is 14.8. The number of hydrogen-bond donors (Lipinski definition) is 0. The summed E-state index contributed by atoms with van der Waals surface area (Å²) in [5, 5.41) is 16.0. The summed E-state index contributed by atoms with van der Waals surface area (Å²) >= 11 is 0. The molecule has 2 heterocycles. The van der Waals surface area contributed by atoms with E-state index in [1.165, 1.54) is 12.1 Å². The van der Waals surface area contributed by atoms with E-state index in [4.69, 9.17) is 32.5 Å². The molecule has 4 aromatic rings. The third kappa shape index (κ3) is 2.22. The van der Waals surface area contributed by atoms with Crippen molar-refractivity contribution in [3.05, 3.63) is 57.2 Å². The van der Waals surface area contributed by atoms with Crippen LogP contribution < -0.4 is 11.1 Å². The molecule has 142 valence electrons. The number of hydrogen-bond acceptors (Lipinski definition) is 6. The third-order valence-electron chi connectivity index (χ3n) is 4.04.